The Morgan fingerprint density at radius 3 is 2.71 bits per heavy atom. The van der Waals surface area contributed by atoms with E-state index in [1.807, 2.05) is 20.8 Å². The van der Waals surface area contributed by atoms with Gasteiger partial charge in [-0.3, -0.25) is 4.79 Å². The predicted octanol–water partition coefficient (Wildman–Crippen LogP) is 0.385. The maximum absolute atomic E-state index is 11.4. The number of rotatable bonds is 8. The van der Waals surface area contributed by atoms with Crippen LogP contribution < -0.4 is 10.6 Å². The van der Waals surface area contributed by atoms with E-state index in [9.17, 15) is 4.79 Å². The molecule has 0 heterocycles. The molecule has 1 amide bonds. The second-order valence-corrected chi connectivity index (χ2v) is 3.20. The van der Waals surface area contributed by atoms with Crippen LogP contribution >= 0.6 is 0 Å². The monoisotopic (exact) mass is 202 g/mol. The summed E-state index contributed by atoms with van der Waals surface area (Å²) in [7, 11) is 0. The highest BCUT2D eigenvalue weighted by Crippen LogP contribution is 1.91. The molecular formula is C10H22N2O2. The summed E-state index contributed by atoms with van der Waals surface area (Å²) in [5, 5.41) is 5.96. The fraction of sp³-hybridized carbons (Fsp3) is 0.900. The molecule has 0 aliphatic carbocycles. The van der Waals surface area contributed by atoms with Crippen molar-refractivity contribution in [2.75, 3.05) is 32.8 Å². The standard InChI is InChI=1S/C10H22N2O2/c1-4-11-8-9(3)10(13)12-6-7-14-5-2/h9,11H,4-8H2,1-3H3,(H,12,13). The highest BCUT2D eigenvalue weighted by atomic mass is 16.5. The first-order valence-corrected chi connectivity index (χ1v) is 5.28. The number of ether oxygens (including phenoxy) is 1. The van der Waals surface area contributed by atoms with Crippen molar-refractivity contribution in [3.8, 4) is 0 Å². The summed E-state index contributed by atoms with van der Waals surface area (Å²) in [4.78, 5) is 11.4. The summed E-state index contributed by atoms with van der Waals surface area (Å²) in [6, 6.07) is 0. The van der Waals surface area contributed by atoms with Crippen molar-refractivity contribution in [3.05, 3.63) is 0 Å². The molecule has 0 aromatic rings. The lowest BCUT2D eigenvalue weighted by Crippen LogP contribution is -2.36. The molecule has 14 heavy (non-hydrogen) atoms. The molecule has 0 aliphatic rings. The first-order chi connectivity index (χ1) is 6.72. The molecule has 0 spiro atoms. The highest BCUT2D eigenvalue weighted by Gasteiger charge is 2.10. The second-order valence-electron chi connectivity index (χ2n) is 3.20. The summed E-state index contributed by atoms with van der Waals surface area (Å²) in [5.41, 5.74) is 0. The average molecular weight is 202 g/mol. The molecule has 0 aromatic carbocycles. The Morgan fingerprint density at radius 2 is 2.14 bits per heavy atom. The predicted molar refractivity (Wildman–Crippen MR) is 57.2 cm³/mol. The Hall–Kier alpha value is -0.610. The van der Waals surface area contributed by atoms with Gasteiger partial charge in [0.15, 0.2) is 0 Å². The number of nitrogens with one attached hydrogen (secondary N) is 2. The van der Waals surface area contributed by atoms with E-state index in [1.54, 1.807) is 0 Å². The van der Waals surface area contributed by atoms with Crippen molar-refractivity contribution < 1.29 is 9.53 Å². The fourth-order valence-electron chi connectivity index (χ4n) is 1.02. The zero-order chi connectivity index (χ0) is 10.8. The van der Waals surface area contributed by atoms with Gasteiger partial charge in [-0.25, -0.2) is 0 Å². The first-order valence-electron chi connectivity index (χ1n) is 5.28. The van der Waals surface area contributed by atoms with Crippen molar-refractivity contribution in [2.24, 2.45) is 5.92 Å². The van der Waals surface area contributed by atoms with Crippen LogP contribution in [0.5, 0.6) is 0 Å². The molecule has 0 fully saturated rings. The minimum atomic E-state index is 0.0246. The maximum Gasteiger partial charge on any atom is 0.224 e. The third-order valence-corrected chi connectivity index (χ3v) is 1.90. The first kappa shape index (κ1) is 13.4. The Morgan fingerprint density at radius 1 is 1.43 bits per heavy atom. The Kier molecular flexibility index (Phi) is 8.57. The van der Waals surface area contributed by atoms with Crippen molar-refractivity contribution >= 4 is 5.91 Å². The molecule has 1 unspecified atom stereocenters. The number of hydrogen-bond acceptors (Lipinski definition) is 3. The summed E-state index contributed by atoms with van der Waals surface area (Å²) < 4.78 is 5.11. The topological polar surface area (TPSA) is 50.4 Å². The molecule has 4 nitrogen and oxygen atoms in total. The SMILES string of the molecule is CCNCC(C)C(=O)NCCOCC. The van der Waals surface area contributed by atoms with Gasteiger partial charge in [-0.1, -0.05) is 13.8 Å². The van der Waals surface area contributed by atoms with Crippen LogP contribution in [0.2, 0.25) is 0 Å². The summed E-state index contributed by atoms with van der Waals surface area (Å²) in [6.45, 7) is 9.41. The van der Waals surface area contributed by atoms with Gasteiger partial charge in [-0.2, -0.15) is 0 Å². The molecule has 0 saturated heterocycles. The third kappa shape index (κ3) is 6.86. The average Bonchev–Trinajstić information content (AvgIpc) is 2.20. The van der Waals surface area contributed by atoms with Crippen molar-refractivity contribution in [3.63, 3.8) is 0 Å². The van der Waals surface area contributed by atoms with Gasteiger partial charge in [-0.15, -0.1) is 0 Å². The van der Waals surface area contributed by atoms with Gasteiger partial charge < -0.3 is 15.4 Å². The minimum Gasteiger partial charge on any atom is -0.380 e. The quantitative estimate of drug-likeness (QED) is 0.560. The third-order valence-electron chi connectivity index (χ3n) is 1.90. The summed E-state index contributed by atoms with van der Waals surface area (Å²) in [5.74, 6) is 0.113. The second kappa shape index (κ2) is 8.97. The van der Waals surface area contributed by atoms with Crippen LogP contribution in [-0.4, -0.2) is 38.8 Å². The van der Waals surface area contributed by atoms with E-state index in [1.165, 1.54) is 0 Å². The van der Waals surface area contributed by atoms with Crippen LogP contribution in [0.1, 0.15) is 20.8 Å². The van der Waals surface area contributed by atoms with Crippen molar-refractivity contribution in [2.45, 2.75) is 20.8 Å². The molecule has 0 radical (unpaired) electrons. The number of carbonyl (C=O) groups is 1. The number of hydrogen-bond donors (Lipinski definition) is 2. The van der Waals surface area contributed by atoms with E-state index in [4.69, 9.17) is 4.74 Å². The van der Waals surface area contributed by atoms with Crippen LogP contribution in [-0.2, 0) is 9.53 Å². The van der Waals surface area contributed by atoms with Crippen LogP contribution in [0.3, 0.4) is 0 Å². The lowest BCUT2D eigenvalue weighted by molar-refractivity contribution is -0.124. The smallest absolute Gasteiger partial charge is 0.224 e. The Bertz CT molecular complexity index is 151. The lowest BCUT2D eigenvalue weighted by Gasteiger charge is -2.12. The fourth-order valence-corrected chi connectivity index (χ4v) is 1.02. The zero-order valence-corrected chi connectivity index (χ0v) is 9.43. The van der Waals surface area contributed by atoms with E-state index < -0.39 is 0 Å². The van der Waals surface area contributed by atoms with E-state index in [0.717, 1.165) is 13.1 Å². The van der Waals surface area contributed by atoms with Gasteiger partial charge in [0, 0.05) is 25.6 Å². The van der Waals surface area contributed by atoms with Crippen LogP contribution in [0.25, 0.3) is 0 Å². The van der Waals surface area contributed by atoms with E-state index >= 15 is 0 Å². The van der Waals surface area contributed by atoms with E-state index in [2.05, 4.69) is 10.6 Å². The lowest BCUT2D eigenvalue weighted by atomic mass is 10.1. The number of carbonyl (C=O) groups excluding carboxylic acids is 1. The molecule has 0 aromatic heterocycles. The van der Waals surface area contributed by atoms with Gasteiger partial charge >= 0.3 is 0 Å². The molecule has 0 rings (SSSR count). The molecule has 0 bridgehead atoms. The van der Waals surface area contributed by atoms with Crippen molar-refractivity contribution in [1.82, 2.24) is 10.6 Å². The molecule has 0 aliphatic heterocycles. The Labute approximate surface area is 86.4 Å². The molecule has 2 N–H and O–H groups in total. The molecule has 0 saturated carbocycles. The van der Waals surface area contributed by atoms with Gasteiger partial charge in [0.05, 0.1) is 6.61 Å². The zero-order valence-electron chi connectivity index (χ0n) is 9.43. The molecular weight excluding hydrogens is 180 g/mol. The van der Waals surface area contributed by atoms with Gasteiger partial charge in [-0.05, 0) is 13.5 Å². The van der Waals surface area contributed by atoms with Crippen LogP contribution in [0, 0.1) is 5.92 Å². The van der Waals surface area contributed by atoms with E-state index in [0.29, 0.717) is 19.8 Å². The highest BCUT2D eigenvalue weighted by molar-refractivity contribution is 5.78. The summed E-state index contributed by atoms with van der Waals surface area (Å²) >= 11 is 0. The van der Waals surface area contributed by atoms with Gasteiger partial charge in [0.1, 0.15) is 0 Å². The molecule has 1 atom stereocenters. The van der Waals surface area contributed by atoms with Gasteiger partial charge in [0.2, 0.25) is 5.91 Å². The van der Waals surface area contributed by atoms with E-state index in [-0.39, 0.29) is 11.8 Å². The molecule has 84 valence electrons. The number of amides is 1. The van der Waals surface area contributed by atoms with Gasteiger partial charge in [0.25, 0.3) is 0 Å². The normalized spacial score (nSPS) is 12.5. The van der Waals surface area contributed by atoms with Crippen LogP contribution in [0.15, 0.2) is 0 Å². The molecule has 4 heteroatoms. The largest absolute Gasteiger partial charge is 0.380 e. The van der Waals surface area contributed by atoms with Crippen LogP contribution in [0.4, 0.5) is 0 Å². The minimum absolute atomic E-state index is 0.0246. The summed E-state index contributed by atoms with van der Waals surface area (Å²) in [6.07, 6.45) is 0. The maximum atomic E-state index is 11.4. The van der Waals surface area contributed by atoms with Crippen molar-refractivity contribution in [1.29, 1.82) is 0 Å². The Balaban J connectivity index is 3.42.